The largest absolute Gasteiger partial charge is 0.394 e. The van der Waals surface area contributed by atoms with Crippen LogP contribution in [0.1, 0.15) is 0 Å². The van der Waals surface area contributed by atoms with Gasteiger partial charge in [-0.3, -0.25) is 0 Å². The molecule has 0 aromatic heterocycles. The highest BCUT2D eigenvalue weighted by molar-refractivity contribution is 5.76. The number of aliphatic hydroxyl groups excluding tert-OH is 20. The lowest BCUT2D eigenvalue weighted by Crippen LogP contribution is -2.68. The summed E-state index contributed by atoms with van der Waals surface area (Å²) in [6.45, 7) is -7.34. The van der Waals surface area contributed by atoms with Gasteiger partial charge in [-0.05, 0) is 0 Å². The summed E-state index contributed by atoms with van der Waals surface area (Å²) in [5.74, 6) is -0.717. The van der Waals surface area contributed by atoms with Crippen LogP contribution in [0.5, 0.6) is 0 Å². The molecular weight excluding hydrogens is 1100 g/mol. The Labute approximate surface area is 451 Å². The molecule has 0 unspecified atom stereocenters. The average molecular weight is 1180 g/mol. The SMILES string of the molecule is NC(N)=N[C@@H]1[C@@H](O)[C@H]2O[C@H]3[C@H](O)[C@@H](O)[C@@H](O[C@H]4[C@H](O)[C@@H](O)[C@@H](O[C@H]5[C@H](O)[C@@H](O)[C@@H](O[C@H]6[C@H](O)[C@@H](O)[C@@H](O[C@H]7[C@H](O)[C@@H](O)[C@@H](O[C@H]8[C@H](O)[C@@H](O)[C@@H](O[C@@H]1[C@@H](CO)O2)O[C@@H]8CO)O[C@@H]7CO)O[C@@H]6CO)O[C@@H]5CO)O[C@@H]4CO)O[C@@H]3CO. The zero-order chi connectivity index (χ0) is 58.3. The smallest absolute Gasteiger partial charge is 0.187 e. The maximum absolute atomic E-state index is 11.7. The van der Waals surface area contributed by atoms with E-state index in [2.05, 4.69) is 4.99 Å². The lowest BCUT2D eigenvalue weighted by molar-refractivity contribution is -0.396. The molecule has 37 heteroatoms. The third-order valence-electron chi connectivity index (χ3n) is 15.1. The lowest BCUT2D eigenvalue weighted by atomic mass is 9.94. The van der Waals surface area contributed by atoms with Crippen molar-refractivity contribution in [2.45, 2.75) is 215 Å². The van der Waals surface area contributed by atoms with Gasteiger partial charge in [0.2, 0.25) is 0 Å². The van der Waals surface area contributed by atoms with Gasteiger partial charge in [0.15, 0.2) is 50.0 Å². The van der Waals surface area contributed by atoms with Gasteiger partial charge < -0.3 is 180 Å². The molecule has 0 aromatic carbocycles. The van der Waals surface area contributed by atoms with Gasteiger partial charge in [0.05, 0.1) is 46.2 Å². The number of guanidine groups is 1. The van der Waals surface area contributed by atoms with Gasteiger partial charge in [-0.25, -0.2) is 4.99 Å². The molecule has 37 nitrogen and oxygen atoms in total. The Kier molecular flexibility index (Phi) is 21.6. The van der Waals surface area contributed by atoms with E-state index in [0.717, 1.165) is 0 Å². The molecule has 21 saturated heterocycles. The Morgan fingerprint density at radius 3 is 0.575 bits per heavy atom. The van der Waals surface area contributed by atoms with Gasteiger partial charge in [0.1, 0.15) is 171 Å². The summed E-state index contributed by atoms with van der Waals surface area (Å²) < 4.78 is 80.4. The van der Waals surface area contributed by atoms with E-state index < -0.39 is 267 Å². The molecule has 0 amide bonds. The van der Waals surface area contributed by atoms with Gasteiger partial charge in [0.25, 0.3) is 0 Å². The fourth-order valence-corrected chi connectivity index (χ4v) is 10.7. The molecule has 21 heterocycles. The minimum Gasteiger partial charge on any atom is -0.394 e. The number of nitrogens with two attached hydrogens (primary N) is 2. The molecule has 0 radical (unpaired) electrons. The second-order valence-electron chi connectivity index (χ2n) is 20.2. The molecule has 0 spiro atoms. The summed E-state index contributed by atoms with van der Waals surface area (Å²) in [6, 6.07) is -1.79. The van der Waals surface area contributed by atoms with Crippen molar-refractivity contribution in [1.29, 1.82) is 0 Å². The minimum absolute atomic E-state index is 0.717. The number of aliphatic hydroxyl groups is 20. The Morgan fingerprint density at radius 1 is 0.237 bits per heavy atom. The highest BCUT2D eigenvalue weighted by atomic mass is 16.8. The van der Waals surface area contributed by atoms with Crippen molar-refractivity contribution in [2.24, 2.45) is 16.5 Å². The van der Waals surface area contributed by atoms with Crippen molar-refractivity contribution in [1.82, 2.24) is 0 Å². The summed E-state index contributed by atoms with van der Waals surface area (Å²) >= 11 is 0. The number of hydrogen-bond donors (Lipinski definition) is 22. The highest BCUT2D eigenvalue weighted by Gasteiger charge is 2.59. The van der Waals surface area contributed by atoms with Crippen molar-refractivity contribution < 1.29 is 168 Å². The molecule has 35 atom stereocenters. The van der Waals surface area contributed by atoms with Crippen LogP contribution in [0.25, 0.3) is 0 Å². The Bertz CT molecular complexity index is 1960. The van der Waals surface area contributed by atoms with Crippen LogP contribution in [-0.4, -0.2) is 369 Å². The fourth-order valence-electron chi connectivity index (χ4n) is 10.7. The highest BCUT2D eigenvalue weighted by Crippen LogP contribution is 2.39. The van der Waals surface area contributed by atoms with Crippen molar-refractivity contribution in [3.05, 3.63) is 0 Å². The molecule has 0 aromatic rings. The van der Waals surface area contributed by atoms with Gasteiger partial charge in [-0.1, -0.05) is 0 Å². The molecule has 21 aliphatic heterocycles. The maximum Gasteiger partial charge on any atom is 0.187 e. The van der Waals surface area contributed by atoms with E-state index >= 15 is 0 Å². The first-order valence-electron chi connectivity index (χ1n) is 25.4. The van der Waals surface area contributed by atoms with Crippen LogP contribution in [0.15, 0.2) is 4.99 Å². The van der Waals surface area contributed by atoms with Crippen LogP contribution in [-0.2, 0) is 66.3 Å². The van der Waals surface area contributed by atoms with Gasteiger partial charge in [-0.15, -0.1) is 0 Å². The Hall–Kier alpha value is -2.09. The summed E-state index contributed by atoms with van der Waals surface area (Å²) in [5, 5.41) is 221. The van der Waals surface area contributed by atoms with Crippen LogP contribution in [0.2, 0.25) is 0 Å². The summed E-state index contributed by atoms with van der Waals surface area (Å²) in [7, 11) is 0. The third kappa shape index (κ3) is 12.6. The number of nitrogens with zero attached hydrogens (tertiary/aromatic N) is 1. The van der Waals surface area contributed by atoms with E-state index in [4.69, 9.17) is 77.8 Å². The van der Waals surface area contributed by atoms with Crippen molar-refractivity contribution in [2.75, 3.05) is 46.2 Å². The van der Waals surface area contributed by atoms with Crippen molar-refractivity contribution in [3.63, 3.8) is 0 Å². The quantitative estimate of drug-likeness (QED) is 0.0793. The lowest BCUT2D eigenvalue weighted by Gasteiger charge is -2.50. The molecule has 14 bridgehead atoms. The second kappa shape index (κ2) is 27.1. The molecule has 0 aliphatic carbocycles. The molecule has 21 fully saturated rings. The molecule has 21 rings (SSSR count). The normalized spacial score (nSPS) is 53.6. The Morgan fingerprint density at radius 2 is 0.400 bits per heavy atom. The molecule has 80 heavy (non-hydrogen) atoms. The fraction of sp³-hybridized carbons (Fsp3) is 0.977. The van der Waals surface area contributed by atoms with Crippen LogP contribution in [0.3, 0.4) is 0 Å². The first-order valence-corrected chi connectivity index (χ1v) is 25.4. The Balaban J connectivity index is 1.10. The van der Waals surface area contributed by atoms with E-state index in [1.54, 1.807) is 0 Å². The van der Waals surface area contributed by atoms with Gasteiger partial charge in [0, 0.05) is 0 Å². The summed E-state index contributed by atoms with van der Waals surface area (Å²) in [4.78, 5) is 3.97. The van der Waals surface area contributed by atoms with Crippen molar-refractivity contribution in [3.8, 4) is 0 Å². The molecule has 21 aliphatic rings. The minimum atomic E-state index is -2.22. The van der Waals surface area contributed by atoms with E-state index in [9.17, 15) is 102 Å². The topological polar surface area (TPSA) is 598 Å². The van der Waals surface area contributed by atoms with Crippen molar-refractivity contribution >= 4 is 5.96 Å². The van der Waals surface area contributed by atoms with E-state index in [1.807, 2.05) is 0 Å². The first-order chi connectivity index (χ1) is 38.0. The van der Waals surface area contributed by atoms with E-state index in [-0.39, 0.29) is 0 Å². The first kappa shape index (κ1) is 63.9. The predicted molar refractivity (Wildman–Crippen MR) is 242 cm³/mol. The number of ether oxygens (including phenoxy) is 14. The zero-order valence-electron chi connectivity index (χ0n) is 41.9. The van der Waals surface area contributed by atoms with Crippen LogP contribution >= 0.6 is 0 Å². The predicted octanol–water partition coefficient (Wildman–Crippen LogP) is -15.9. The monoisotopic (exact) mass is 1180 g/mol. The number of rotatable bonds is 8. The van der Waals surface area contributed by atoms with Gasteiger partial charge in [-0.2, -0.15) is 0 Å². The average Bonchev–Trinajstić information content (AvgIpc) is 3.50. The standard InChI is InChI=1S/C43H73N3O34/c44-43(45)46-15-16(54)36-67-8(1-47)29(15)74-37-23(61)17(55)31(10(3-49)68-37)76-39-25(63)19(57)33(12(5-51)70-39)78-41-27(65)21(59)35(14(7-53)72-41)80-42-28(66)22(60)34(13(6-52)73-42)79-40-26(64)20(58)32(11(4-50)71-40)77-38-24(62)18(56)30(75-36)9(2-48)69-38/h8-42,47-66H,1-7H2,(H4,44,45,46)/t8-,9-,10-,11-,12-,13-,14-,15-,16-,17-,18-,19-,20-,21-,22-,23-,24-,25-,26-,27-,28-,29-,30-,31-,32-,33-,34-,35-,36-,37-,38-,39-,40-,41-,42-/m1/s1. The molecule has 0 saturated carbocycles. The van der Waals surface area contributed by atoms with E-state index in [0.29, 0.717) is 0 Å². The number of aliphatic imine (C=N–C) groups is 1. The van der Waals surface area contributed by atoms with Crippen LogP contribution in [0.4, 0.5) is 0 Å². The number of hydrogen-bond acceptors (Lipinski definition) is 35. The van der Waals surface area contributed by atoms with Gasteiger partial charge >= 0.3 is 0 Å². The zero-order valence-corrected chi connectivity index (χ0v) is 41.9. The maximum atomic E-state index is 11.7. The van der Waals surface area contributed by atoms with Crippen LogP contribution in [0, 0.1) is 0 Å². The van der Waals surface area contributed by atoms with E-state index in [1.165, 1.54) is 0 Å². The summed E-state index contributed by atoms with van der Waals surface area (Å²) in [5.41, 5.74) is 11.4. The molecule has 464 valence electrons. The van der Waals surface area contributed by atoms with Crippen LogP contribution < -0.4 is 11.5 Å². The summed E-state index contributed by atoms with van der Waals surface area (Å²) in [6.07, 6.45) is -68.0. The second-order valence-corrected chi connectivity index (χ2v) is 20.2. The third-order valence-corrected chi connectivity index (χ3v) is 15.1. The molecular formula is C43H73N3O34. The molecule has 24 N–H and O–H groups in total.